The van der Waals surface area contributed by atoms with Gasteiger partial charge in [-0.3, -0.25) is 9.80 Å². The fraction of sp³-hybridized carbons (Fsp3) is 0.433. The molecule has 3 N–H and O–H groups in total. The number of nitrogens with one attached hydrogen (secondary N) is 3. The first-order valence-corrected chi connectivity index (χ1v) is 14.0. The Morgan fingerprint density at radius 2 is 1.85 bits per heavy atom. The Bertz CT molecular complexity index is 1310. The molecule has 10 heteroatoms. The van der Waals surface area contributed by atoms with E-state index in [9.17, 15) is 5.26 Å². The Morgan fingerprint density at radius 1 is 0.975 bits per heavy atom. The molecule has 0 radical (unpaired) electrons. The van der Waals surface area contributed by atoms with Crippen LogP contribution >= 0.6 is 0 Å². The number of aromatic nitrogens is 2. The monoisotopic (exact) mass is 542 g/mol. The van der Waals surface area contributed by atoms with Gasteiger partial charge in [-0.2, -0.15) is 10.2 Å². The lowest BCUT2D eigenvalue weighted by Gasteiger charge is -2.30. The maximum Gasteiger partial charge on any atom is 0.229 e. The molecule has 5 rings (SSSR count). The molecule has 0 amide bonds. The highest BCUT2D eigenvalue weighted by Gasteiger charge is 2.15. The van der Waals surface area contributed by atoms with Crippen LogP contribution in [0.2, 0.25) is 0 Å². The SMILES string of the molecule is Cc1ccc2c(c1)Nc1ncc(C#N)c(n1)Nc1cccc(c1)CN(CCN1CCOCC1)CCCNCCO2. The predicted molar refractivity (Wildman–Crippen MR) is 156 cm³/mol. The van der Waals surface area contributed by atoms with Gasteiger partial charge in [0.25, 0.3) is 0 Å². The lowest BCUT2D eigenvalue weighted by atomic mass is 10.1. The molecule has 2 aliphatic heterocycles. The average molecular weight is 543 g/mol. The number of nitriles is 1. The predicted octanol–water partition coefficient (Wildman–Crippen LogP) is 3.65. The number of fused-ring (bicyclic) bond motifs is 5. The van der Waals surface area contributed by atoms with Crippen LogP contribution in [0.15, 0.2) is 48.7 Å². The summed E-state index contributed by atoms with van der Waals surface area (Å²) in [6, 6.07) is 16.5. The number of aryl methyl sites for hydroxylation is 1. The van der Waals surface area contributed by atoms with Crippen molar-refractivity contribution < 1.29 is 9.47 Å². The third kappa shape index (κ3) is 7.90. The molecule has 1 saturated heterocycles. The van der Waals surface area contributed by atoms with Crippen LogP contribution in [0.4, 0.5) is 23.1 Å². The van der Waals surface area contributed by atoms with Crippen molar-refractivity contribution in [2.24, 2.45) is 0 Å². The van der Waals surface area contributed by atoms with Crippen LogP contribution in [-0.2, 0) is 11.3 Å². The first kappa shape index (κ1) is 27.8. The molecule has 0 saturated carbocycles. The number of hydrogen-bond donors (Lipinski definition) is 3. The molecule has 0 spiro atoms. The Kier molecular flexibility index (Phi) is 9.77. The summed E-state index contributed by atoms with van der Waals surface area (Å²) in [6.45, 7) is 11.7. The maximum atomic E-state index is 9.72. The first-order valence-electron chi connectivity index (χ1n) is 14.0. The van der Waals surface area contributed by atoms with Crippen molar-refractivity contribution in [1.29, 1.82) is 5.26 Å². The molecule has 40 heavy (non-hydrogen) atoms. The minimum atomic E-state index is 0.376. The van der Waals surface area contributed by atoms with E-state index >= 15 is 0 Å². The number of rotatable bonds is 3. The van der Waals surface area contributed by atoms with Crippen molar-refractivity contribution in [2.75, 3.05) is 76.3 Å². The van der Waals surface area contributed by atoms with E-state index in [1.165, 1.54) is 11.8 Å². The van der Waals surface area contributed by atoms with Crippen LogP contribution < -0.4 is 20.7 Å². The molecule has 0 aliphatic carbocycles. The molecule has 0 unspecified atom stereocenters. The largest absolute Gasteiger partial charge is 0.490 e. The van der Waals surface area contributed by atoms with E-state index in [0.29, 0.717) is 23.9 Å². The zero-order valence-electron chi connectivity index (χ0n) is 23.2. The fourth-order valence-electron chi connectivity index (χ4n) is 4.91. The van der Waals surface area contributed by atoms with Gasteiger partial charge in [0.15, 0.2) is 5.82 Å². The number of morpholine rings is 1. The lowest BCUT2D eigenvalue weighted by molar-refractivity contribution is 0.0329. The average Bonchev–Trinajstić information content (AvgIpc) is 2.97. The molecule has 1 fully saturated rings. The summed E-state index contributed by atoms with van der Waals surface area (Å²) < 4.78 is 11.6. The van der Waals surface area contributed by atoms with Gasteiger partial charge in [0.1, 0.15) is 24.0 Å². The van der Waals surface area contributed by atoms with E-state index in [4.69, 9.17) is 9.47 Å². The second-order valence-electron chi connectivity index (χ2n) is 10.2. The summed E-state index contributed by atoms with van der Waals surface area (Å²) in [6.07, 6.45) is 2.59. The third-order valence-electron chi connectivity index (χ3n) is 7.09. The summed E-state index contributed by atoms with van der Waals surface area (Å²) >= 11 is 0. The summed E-state index contributed by atoms with van der Waals surface area (Å²) in [7, 11) is 0. The zero-order valence-corrected chi connectivity index (χ0v) is 23.2. The standard InChI is InChI=1S/C30H38N8O2/c1-23-6-7-28-27(18-23)35-30-33-21-25(20-31)29(36-30)34-26-5-2-4-24(19-26)22-38(10-3-8-32-9-15-40-28)12-11-37-13-16-39-17-14-37/h2,4-7,18-19,21,32H,3,8-17,22H2,1H3,(H2,33,34,35,36). The molecular formula is C30H38N8O2. The molecule has 4 bridgehead atoms. The highest BCUT2D eigenvalue weighted by molar-refractivity contribution is 5.67. The topological polar surface area (TPSA) is 111 Å². The van der Waals surface area contributed by atoms with Crippen LogP contribution in [0.5, 0.6) is 5.75 Å². The van der Waals surface area contributed by atoms with E-state index < -0.39 is 0 Å². The minimum Gasteiger partial charge on any atom is -0.490 e. The van der Waals surface area contributed by atoms with Gasteiger partial charge in [0.2, 0.25) is 5.95 Å². The van der Waals surface area contributed by atoms with Gasteiger partial charge in [-0.15, -0.1) is 0 Å². The van der Waals surface area contributed by atoms with Crippen molar-refractivity contribution in [3.63, 3.8) is 0 Å². The zero-order chi connectivity index (χ0) is 27.6. The fourth-order valence-corrected chi connectivity index (χ4v) is 4.91. The Hall–Kier alpha value is -3.75. The van der Waals surface area contributed by atoms with Crippen molar-refractivity contribution in [2.45, 2.75) is 19.9 Å². The molecule has 2 aromatic carbocycles. The summed E-state index contributed by atoms with van der Waals surface area (Å²) in [5, 5.41) is 19.9. The molecule has 2 aliphatic rings. The van der Waals surface area contributed by atoms with Crippen molar-refractivity contribution in [3.8, 4) is 11.8 Å². The van der Waals surface area contributed by atoms with Crippen molar-refractivity contribution in [3.05, 3.63) is 65.4 Å². The molecule has 210 valence electrons. The van der Waals surface area contributed by atoms with E-state index in [2.05, 4.69) is 53.9 Å². The number of nitrogens with zero attached hydrogens (tertiary/aromatic N) is 5. The first-order chi connectivity index (χ1) is 19.7. The van der Waals surface area contributed by atoms with E-state index in [-0.39, 0.29) is 0 Å². The number of anilines is 4. The Labute approximate surface area is 236 Å². The molecule has 0 atom stereocenters. The summed E-state index contributed by atoms with van der Waals surface area (Å²) in [5.41, 5.74) is 4.34. The number of benzene rings is 2. The van der Waals surface area contributed by atoms with Crippen LogP contribution in [0.3, 0.4) is 0 Å². The lowest BCUT2D eigenvalue weighted by Crippen LogP contribution is -2.41. The Balaban J connectivity index is 1.38. The van der Waals surface area contributed by atoms with Crippen LogP contribution in [0.25, 0.3) is 0 Å². The highest BCUT2D eigenvalue weighted by atomic mass is 16.5. The van der Waals surface area contributed by atoms with Crippen molar-refractivity contribution >= 4 is 23.1 Å². The van der Waals surface area contributed by atoms with E-state index in [1.807, 2.05) is 37.3 Å². The smallest absolute Gasteiger partial charge is 0.229 e. The minimum absolute atomic E-state index is 0.376. The van der Waals surface area contributed by atoms with Gasteiger partial charge in [-0.1, -0.05) is 18.2 Å². The maximum absolute atomic E-state index is 9.72. The van der Waals surface area contributed by atoms with Crippen LogP contribution in [0, 0.1) is 18.3 Å². The number of hydrogen-bond acceptors (Lipinski definition) is 10. The normalized spacial score (nSPS) is 17.5. The van der Waals surface area contributed by atoms with E-state index in [1.54, 1.807) is 0 Å². The van der Waals surface area contributed by atoms with Gasteiger partial charge in [-0.25, -0.2) is 4.98 Å². The van der Waals surface area contributed by atoms with Gasteiger partial charge in [-0.05, 0) is 61.8 Å². The van der Waals surface area contributed by atoms with Crippen LogP contribution in [-0.4, -0.2) is 85.4 Å². The second kappa shape index (κ2) is 14.1. The second-order valence-corrected chi connectivity index (χ2v) is 10.2. The summed E-state index contributed by atoms with van der Waals surface area (Å²) in [5.74, 6) is 1.58. The van der Waals surface area contributed by atoms with E-state index in [0.717, 1.165) is 94.7 Å². The molecular weight excluding hydrogens is 504 g/mol. The van der Waals surface area contributed by atoms with Gasteiger partial charge >= 0.3 is 0 Å². The van der Waals surface area contributed by atoms with Gasteiger partial charge < -0.3 is 25.4 Å². The Morgan fingerprint density at radius 3 is 2.73 bits per heavy atom. The summed E-state index contributed by atoms with van der Waals surface area (Å²) in [4.78, 5) is 14.0. The van der Waals surface area contributed by atoms with Gasteiger partial charge in [0, 0.05) is 45.0 Å². The molecule has 1 aromatic heterocycles. The van der Waals surface area contributed by atoms with Crippen molar-refractivity contribution in [1.82, 2.24) is 25.1 Å². The van der Waals surface area contributed by atoms with Crippen LogP contribution in [0.1, 0.15) is 23.1 Å². The third-order valence-corrected chi connectivity index (χ3v) is 7.09. The highest BCUT2D eigenvalue weighted by Crippen LogP contribution is 2.29. The number of ether oxygens (including phenoxy) is 2. The quantitative estimate of drug-likeness (QED) is 0.454. The molecule has 3 heterocycles. The van der Waals surface area contributed by atoms with Gasteiger partial charge in [0.05, 0.1) is 25.1 Å². The molecule has 10 nitrogen and oxygen atoms in total. The molecule has 3 aromatic rings.